The average Bonchev–Trinajstić information content (AvgIpc) is 3.44. The number of hydrogen-bond acceptors (Lipinski definition) is 5. The van der Waals surface area contributed by atoms with Gasteiger partial charge in [0, 0.05) is 16.3 Å². The highest BCUT2D eigenvalue weighted by Gasteiger charge is 2.30. The number of esters is 1. The Labute approximate surface area is 185 Å². The topological polar surface area (TPSA) is 68.3 Å². The lowest BCUT2D eigenvalue weighted by Crippen LogP contribution is -2.37. The number of aromatic nitrogens is 1. The molecule has 5 nitrogen and oxygen atoms in total. The van der Waals surface area contributed by atoms with Gasteiger partial charge in [-0.1, -0.05) is 24.3 Å². The zero-order chi connectivity index (χ0) is 21.4. The zero-order valence-electron chi connectivity index (χ0n) is 17.4. The number of allylic oxidation sites excluding steroid dienone is 1. The van der Waals surface area contributed by atoms with Gasteiger partial charge in [-0.15, -0.1) is 11.3 Å². The van der Waals surface area contributed by atoms with Crippen LogP contribution in [0.2, 0.25) is 0 Å². The number of fused-ring (bicyclic) bond motifs is 2. The SMILES string of the molecule is CC(OC(=O)c1c2c(nc3ccccc13)/C(=C\c1cccs1)CCC2)C(=O)NC1CC1. The van der Waals surface area contributed by atoms with Crippen LogP contribution in [0.3, 0.4) is 0 Å². The van der Waals surface area contributed by atoms with Crippen molar-refractivity contribution in [1.29, 1.82) is 0 Å². The number of amides is 1. The smallest absolute Gasteiger partial charge is 0.339 e. The summed E-state index contributed by atoms with van der Waals surface area (Å²) in [5.74, 6) is -0.688. The van der Waals surface area contributed by atoms with Crippen molar-refractivity contribution in [2.45, 2.75) is 51.2 Å². The van der Waals surface area contributed by atoms with Gasteiger partial charge in [0.15, 0.2) is 6.10 Å². The second kappa shape index (κ2) is 8.27. The fourth-order valence-corrected chi connectivity index (χ4v) is 4.75. The third-order valence-corrected chi connectivity index (χ3v) is 6.63. The zero-order valence-corrected chi connectivity index (χ0v) is 18.2. The monoisotopic (exact) mass is 432 g/mol. The lowest BCUT2D eigenvalue weighted by atomic mass is 9.86. The Morgan fingerprint density at radius 3 is 2.81 bits per heavy atom. The number of pyridine rings is 1. The first kappa shape index (κ1) is 19.9. The Kier molecular flexibility index (Phi) is 5.32. The highest BCUT2D eigenvalue weighted by molar-refractivity contribution is 7.10. The van der Waals surface area contributed by atoms with E-state index in [1.54, 1.807) is 18.3 Å². The van der Waals surface area contributed by atoms with Gasteiger partial charge in [-0.05, 0) is 73.8 Å². The van der Waals surface area contributed by atoms with Crippen molar-refractivity contribution < 1.29 is 14.3 Å². The van der Waals surface area contributed by atoms with Crippen LogP contribution in [0.4, 0.5) is 0 Å². The van der Waals surface area contributed by atoms with Gasteiger partial charge in [0.2, 0.25) is 0 Å². The fraction of sp³-hybridized carbons (Fsp3) is 0.320. The Balaban J connectivity index is 1.55. The van der Waals surface area contributed by atoms with Crippen LogP contribution in [-0.4, -0.2) is 29.0 Å². The summed E-state index contributed by atoms with van der Waals surface area (Å²) in [5, 5.41) is 5.74. The molecule has 0 spiro atoms. The molecule has 31 heavy (non-hydrogen) atoms. The molecule has 1 N–H and O–H groups in total. The van der Waals surface area contributed by atoms with Crippen LogP contribution in [0.15, 0.2) is 41.8 Å². The maximum absolute atomic E-state index is 13.3. The summed E-state index contributed by atoms with van der Waals surface area (Å²) in [4.78, 5) is 31.8. The minimum atomic E-state index is -0.833. The van der Waals surface area contributed by atoms with Crippen molar-refractivity contribution in [2.75, 3.05) is 0 Å². The normalized spacial score (nSPS) is 17.9. The van der Waals surface area contributed by atoms with Gasteiger partial charge in [0.05, 0.1) is 16.8 Å². The highest BCUT2D eigenvalue weighted by Crippen LogP contribution is 2.37. The van der Waals surface area contributed by atoms with Crippen molar-refractivity contribution in [3.8, 4) is 0 Å². The molecule has 2 heterocycles. The molecule has 158 valence electrons. The Morgan fingerprint density at radius 2 is 2.03 bits per heavy atom. The van der Waals surface area contributed by atoms with E-state index in [1.165, 1.54) is 4.88 Å². The maximum Gasteiger partial charge on any atom is 0.339 e. The molecule has 2 aliphatic carbocycles. The molecular weight excluding hydrogens is 408 g/mol. The number of carbonyl (C=O) groups excluding carboxylic acids is 2. The molecule has 0 saturated heterocycles. The Hall–Kier alpha value is -2.99. The van der Waals surface area contributed by atoms with Gasteiger partial charge in [-0.3, -0.25) is 4.79 Å². The van der Waals surface area contributed by atoms with Gasteiger partial charge in [-0.2, -0.15) is 0 Å². The first-order valence-electron chi connectivity index (χ1n) is 10.8. The predicted octanol–water partition coefficient (Wildman–Crippen LogP) is 5.00. The number of para-hydroxylation sites is 1. The molecule has 2 aliphatic rings. The summed E-state index contributed by atoms with van der Waals surface area (Å²) in [6.07, 6.45) is 5.96. The lowest BCUT2D eigenvalue weighted by molar-refractivity contribution is -0.129. The summed E-state index contributed by atoms with van der Waals surface area (Å²) >= 11 is 1.69. The third-order valence-electron chi connectivity index (χ3n) is 5.81. The summed E-state index contributed by atoms with van der Waals surface area (Å²) in [5.41, 5.74) is 4.25. The quantitative estimate of drug-likeness (QED) is 0.576. The second-order valence-electron chi connectivity index (χ2n) is 8.20. The predicted molar refractivity (Wildman–Crippen MR) is 123 cm³/mol. The Morgan fingerprint density at radius 1 is 1.19 bits per heavy atom. The minimum Gasteiger partial charge on any atom is -0.449 e. The van der Waals surface area contributed by atoms with Crippen molar-refractivity contribution in [2.24, 2.45) is 0 Å². The van der Waals surface area contributed by atoms with Crippen LogP contribution in [0.25, 0.3) is 22.6 Å². The number of ether oxygens (including phenoxy) is 1. The number of hydrogen-bond donors (Lipinski definition) is 1. The van der Waals surface area contributed by atoms with Crippen LogP contribution >= 0.6 is 11.3 Å². The van der Waals surface area contributed by atoms with Crippen LogP contribution in [0.5, 0.6) is 0 Å². The molecule has 1 atom stereocenters. The van der Waals surface area contributed by atoms with Crippen molar-refractivity contribution in [3.05, 3.63) is 63.5 Å². The molecule has 3 aromatic rings. The number of benzene rings is 1. The van der Waals surface area contributed by atoms with E-state index in [1.807, 2.05) is 30.3 Å². The first-order chi connectivity index (χ1) is 15.1. The van der Waals surface area contributed by atoms with E-state index in [0.29, 0.717) is 5.56 Å². The Bertz CT molecular complexity index is 1180. The number of nitrogens with one attached hydrogen (secondary N) is 1. The standard InChI is InChI=1S/C25H24N2O3S/c1-15(24(28)26-17-11-12-17)30-25(29)22-19-8-2-3-10-21(19)27-23-16(6-4-9-20(22)23)14-18-7-5-13-31-18/h2-3,5,7-8,10,13-15,17H,4,6,9,11-12H2,1H3,(H,26,28)/b16-14-. The van der Waals surface area contributed by atoms with E-state index in [2.05, 4.69) is 22.8 Å². The summed E-state index contributed by atoms with van der Waals surface area (Å²) in [7, 11) is 0. The van der Waals surface area contributed by atoms with Gasteiger partial charge >= 0.3 is 5.97 Å². The number of carbonyl (C=O) groups is 2. The van der Waals surface area contributed by atoms with E-state index >= 15 is 0 Å². The molecule has 0 radical (unpaired) electrons. The van der Waals surface area contributed by atoms with Crippen molar-refractivity contribution in [1.82, 2.24) is 10.3 Å². The molecular formula is C25H24N2O3S. The maximum atomic E-state index is 13.3. The lowest BCUT2D eigenvalue weighted by Gasteiger charge is -2.23. The van der Waals surface area contributed by atoms with Crippen molar-refractivity contribution in [3.63, 3.8) is 0 Å². The second-order valence-corrected chi connectivity index (χ2v) is 9.18. The molecule has 1 aromatic carbocycles. The molecule has 1 amide bonds. The molecule has 1 unspecified atom stereocenters. The van der Waals surface area contributed by atoms with Gasteiger partial charge in [-0.25, -0.2) is 9.78 Å². The van der Waals surface area contributed by atoms with E-state index in [-0.39, 0.29) is 11.9 Å². The largest absolute Gasteiger partial charge is 0.449 e. The van der Waals surface area contributed by atoms with E-state index < -0.39 is 12.1 Å². The van der Waals surface area contributed by atoms with Gasteiger partial charge in [0.25, 0.3) is 5.91 Å². The number of rotatable bonds is 5. The fourth-order valence-electron chi connectivity index (χ4n) is 4.07. The average molecular weight is 433 g/mol. The van der Waals surface area contributed by atoms with Crippen molar-refractivity contribution >= 4 is 45.8 Å². The molecule has 0 aliphatic heterocycles. The number of nitrogens with zero attached hydrogens (tertiary/aromatic N) is 1. The molecule has 0 bridgehead atoms. The highest BCUT2D eigenvalue weighted by atomic mass is 32.1. The molecule has 2 aromatic heterocycles. The third kappa shape index (κ3) is 4.12. The molecule has 1 saturated carbocycles. The minimum absolute atomic E-state index is 0.230. The van der Waals surface area contributed by atoms with E-state index in [4.69, 9.17) is 9.72 Å². The molecule has 5 rings (SSSR count). The van der Waals surface area contributed by atoms with Crippen LogP contribution in [0, 0.1) is 0 Å². The summed E-state index contributed by atoms with van der Waals surface area (Å²) < 4.78 is 5.65. The molecule has 6 heteroatoms. The van der Waals surface area contributed by atoms with E-state index in [9.17, 15) is 9.59 Å². The summed E-state index contributed by atoms with van der Waals surface area (Å²) in [6, 6.07) is 12.0. The van der Waals surface area contributed by atoms with Crippen LogP contribution < -0.4 is 5.32 Å². The van der Waals surface area contributed by atoms with E-state index in [0.717, 1.165) is 59.8 Å². The summed E-state index contributed by atoms with van der Waals surface area (Å²) in [6.45, 7) is 1.63. The van der Waals surface area contributed by atoms with Gasteiger partial charge < -0.3 is 10.1 Å². The van der Waals surface area contributed by atoms with Crippen LogP contribution in [0.1, 0.15) is 59.1 Å². The van der Waals surface area contributed by atoms with Crippen LogP contribution in [-0.2, 0) is 16.0 Å². The van der Waals surface area contributed by atoms with Gasteiger partial charge in [0.1, 0.15) is 0 Å². The number of thiophene rings is 1. The first-order valence-corrected chi connectivity index (χ1v) is 11.7. The molecule has 1 fully saturated rings.